The van der Waals surface area contributed by atoms with E-state index in [1.54, 1.807) is 0 Å². The summed E-state index contributed by atoms with van der Waals surface area (Å²) in [6.45, 7) is 2.15. The number of rotatable bonds is 8. The van der Waals surface area contributed by atoms with Gasteiger partial charge in [-0.2, -0.15) is 0 Å². The summed E-state index contributed by atoms with van der Waals surface area (Å²) in [5.41, 5.74) is -0.431. The van der Waals surface area contributed by atoms with Crippen LogP contribution in [0.25, 0.3) is 0 Å². The molecule has 1 N–H and O–H groups in total. The predicted molar refractivity (Wildman–Crippen MR) is 144 cm³/mol. The fraction of sp³-hybridized carbons (Fsp3) is 0.519. The van der Waals surface area contributed by atoms with Crippen LogP contribution in [0.1, 0.15) is 45.1 Å². The number of carbonyl (C=O) groups excluding carboxylic acids is 1. The summed E-state index contributed by atoms with van der Waals surface area (Å²) in [7, 11) is -8.46. The Balaban J connectivity index is 1.54. The van der Waals surface area contributed by atoms with Crippen molar-refractivity contribution in [3.63, 3.8) is 0 Å². The summed E-state index contributed by atoms with van der Waals surface area (Å²) in [6, 6.07) is 7.07. The molecule has 0 spiro atoms. The van der Waals surface area contributed by atoms with E-state index < -0.39 is 75.8 Å². The van der Waals surface area contributed by atoms with Crippen molar-refractivity contribution in [2.75, 3.05) is 19.0 Å². The maximum absolute atomic E-state index is 15.5. The first-order valence-corrected chi connectivity index (χ1v) is 16.5. The molecule has 13 heteroatoms. The van der Waals surface area contributed by atoms with Crippen LogP contribution in [0.3, 0.4) is 0 Å². The highest BCUT2D eigenvalue weighted by molar-refractivity contribution is 7.93. The maximum Gasteiger partial charge on any atom is 0.241 e. The minimum Gasteiger partial charge on any atom is -0.490 e. The maximum atomic E-state index is 15.5. The van der Waals surface area contributed by atoms with Crippen molar-refractivity contribution < 1.29 is 39.9 Å². The van der Waals surface area contributed by atoms with Gasteiger partial charge in [-0.25, -0.2) is 25.6 Å². The van der Waals surface area contributed by atoms with Gasteiger partial charge in [0.05, 0.1) is 28.9 Å². The van der Waals surface area contributed by atoms with E-state index in [1.165, 1.54) is 38.1 Å². The molecule has 2 aliphatic heterocycles. The molecule has 2 aromatic carbocycles. The molecule has 1 saturated heterocycles. The predicted octanol–water partition coefficient (Wildman–Crippen LogP) is 3.95. The molecule has 40 heavy (non-hydrogen) atoms. The van der Waals surface area contributed by atoms with Crippen LogP contribution in [0.2, 0.25) is 5.02 Å². The molecule has 0 aromatic heterocycles. The van der Waals surface area contributed by atoms with E-state index in [0.717, 1.165) is 25.0 Å². The Bertz CT molecular complexity index is 1540. The van der Waals surface area contributed by atoms with Gasteiger partial charge < -0.3 is 14.8 Å². The fourth-order valence-corrected chi connectivity index (χ4v) is 9.45. The third-order valence-electron chi connectivity index (χ3n) is 8.25. The van der Waals surface area contributed by atoms with Gasteiger partial charge in [0.15, 0.2) is 31.2 Å². The second-order valence-electron chi connectivity index (χ2n) is 11.0. The average molecular weight is 618 g/mol. The van der Waals surface area contributed by atoms with Crippen molar-refractivity contribution in [3.8, 4) is 5.75 Å². The second-order valence-corrected chi connectivity index (χ2v) is 16.3. The van der Waals surface area contributed by atoms with E-state index in [9.17, 15) is 26.0 Å². The summed E-state index contributed by atoms with van der Waals surface area (Å²) in [5, 5.41) is 3.01. The van der Waals surface area contributed by atoms with Gasteiger partial charge in [-0.1, -0.05) is 11.6 Å². The van der Waals surface area contributed by atoms with Crippen LogP contribution in [0, 0.1) is 17.6 Å². The molecule has 1 aliphatic carbocycles. The van der Waals surface area contributed by atoms with Crippen LogP contribution in [0.4, 0.5) is 8.78 Å². The Morgan fingerprint density at radius 2 is 1.73 bits per heavy atom. The van der Waals surface area contributed by atoms with Gasteiger partial charge in [0, 0.05) is 23.6 Å². The van der Waals surface area contributed by atoms with Gasteiger partial charge in [0.1, 0.15) is 15.3 Å². The van der Waals surface area contributed by atoms with E-state index in [0.29, 0.717) is 5.02 Å². The summed E-state index contributed by atoms with van der Waals surface area (Å²) in [4.78, 5) is 12.6. The van der Waals surface area contributed by atoms with Crippen molar-refractivity contribution in [1.82, 2.24) is 5.32 Å². The number of benzene rings is 2. The summed E-state index contributed by atoms with van der Waals surface area (Å²) >= 11 is 5.98. The lowest BCUT2D eigenvalue weighted by Gasteiger charge is -2.50. The van der Waals surface area contributed by atoms with Gasteiger partial charge in [0.2, 0.25) is 5.91 Å². The minimum absolute atomic E-state index is 0.0305. The summed E-state index contributed by atoms with van der Waals surface area (Å²) in [5.74, 6) is -4.52. The lowest BCUT2D eigenvalue weighted by molar-refractivity contribution is -0.123. The van der Waals surface area contributed by atoms with Crippen LogP contribution in [-0.4, -0.2) is 58.6 Å². The smallest absolute Gasteiger partial charge is 0.241 e. The number of halogens is 3. The van der Waals surface area contributed by atoms with E-state index in [4.69, 9.17) is 21.1 Å². The molecule has 0 bridgehead atoms. The average Bonchev–Trinajstić information content (AvgIpc) is 3.73. The molecule has 3 atom stereocenters. The summed E-state index contributed by atoms with van der Waals surface area (Å²) in [6.07, 6.45) is 0.187. The number of amides is 1. The monoisotopic (exact) mass is 617 g/mol. The molecule has 5 rings (SSSR count). The van der Waals surface area contributed by atoms with Crippen LogP contribution >= 0.6 is 11.6 Å². The number of carbonyl (C=O) groups is 1. The van der Waals surface area contributed by atoms with Gasteiger partial charge in [0.25, 0.3) is 0 Å². The van der Waals surface area contributed by atoms with Crippen molar-refractivity contribution in [2.24, 2.45) is 5.92 Å². The number of nitrogens with one attached hydrogen (secondary N) is 1. The number of fused-ring (bicyclic) bond motifs is 3. The third kappa shape index (κ3) is 4.70. The molecule has 218 valence electrons. The Morgan fingerprint density at radius 3 is 2.38 bits per heavy atom. The van der Waals surface area contributed by atoms with Gasteiger partial charge >= 0.3 is 0 Å². The standard InChI is InChI=1S/C27H30ClF2NO7S2/c1-26(2,25(32)31-17-5-6-17)39(33,34)14-11-22-19-15-38-24-21(30)10-9-20(29)23(24)27(19,12-13-37-22)40(35,36)18-7-3-16(28)4-8-18/h3-4,7-10,17,19,22H,5-6,11-15H2,1-2H3,(H,31,32)/t19-,22-,27-/m0/s1. The molecule has 2 heterocycles. The highest BCUT2D eigenvalue weighted by Gasteiger charge is 2.61. The normalized spacial score (nSPS) is 24.9. The molecular formula is C27H30ClF2NO7S2. The highest BCUT2D eigenvalue weighted by atomic mass is 35.5. The zero-order valence-corrected chi connectivity index (χ0v) is 24.3. The van der Waals surface area contributed by atoms with Crippen molar-refractivity contribution >= 4 is 37.2 Å². The lowest BCUT2D eigenvalue weighted by atomic mass is 9.75. The number of hydrogen-bond donors (Lipinski definition) is 1. The van der Waals surface area contributed by atoms with E-state index in [-0.39, 0.29) is 37.0 Å². The van der Waals surface area contributed by atoms with Crippen molar-refractivity contribution in [1.29, 1.82) is 0 Å². The van der Waals surface area contributed by atoms with Crippen LogP contribution < -0.4 is 10.1 Å². The van der Waals surface area contributed by atoms with E-state index in [1.807, 2.05) is 0 Å². The Kier molecular flexibility index (Phi) is 7.46. The first kappa shape index (κ1) is 29.2. The Labute approximate surface area is 237 Å². The number of hydrogen-bond acceptors (Lipinski definition) is 7. The first-order chi connectivity index (χ1) is 18.7. The zero-order valence-electron chi connectivity index (χ0n) is 22.0. The molecule has 0 radical (unpaired) electrons. The first-order valence-electron chi connectivity index (χ1n) is 13.0. The van der Waals surface area contributed by atoms with E-state index in [2.05, 4.69) is 5.32 Å². The molecule has 2 fully saturated rings. The second kappa shape index (κ2) is 10.2. The van der Waals surface area contributed by atoms with Crippen molar-refractivity contribution in [3.05, 3.63) is 58.6 Å². The largest absolute Gasteiger partial charge is 0.490 e. The Hall–Kier alpha value is -2.28. The van der Waals surface area contributed by atoms with Gasteiger partial charge in [-0.15, -0.1) is 0 Å². The molecule has 0 unspecified atom stereocenters. The fourth-order valence-electron chi connectivity index (χ4n) is 5.59. The zero-order chi connectivity index (χ0) is 29.1. The van der Waals surface area contributed by atoms with Crippen LogP contribution in [-0.2, 0) is 34.0 Å². The van der Waals surface area contributed by atoms with E-state index >= 15 is 4.39 Å². The molecule has 3 aliphatic rings. The van der Waals surface area contributed by atoms with Crippen LogP contribution in [0.5, 0.6) is 5.75 Å². The summed E-state index contributed by atoms with van der Waals surface area (Å²) < 4.78 is 93.6. The Morgan fingerprint density at radius 1 is 1.07 bits per heavy atom. The quantitative estimate of drug-likeness (QED) is 0.477. The van der Waals surface area contributed by atoms with Crippen LogP contribution in [0.15, 0.2) is 41.3 Å². The lowest BCUT2D eigenvalue weighted by Crippen LogP contribution is -2.58. The molecule has 2 aromatic rings. The minimum atomic E-state index is -4.43. The van der Waals surface area contributed by atoms with Gasteiger partial charge in [-0.3, -0.25) is 4.79 Å². The third-order valence-corrected chi connectivity index (χ3v) is 13.6. The SMILES string of the molecule is CC(C)(C(=O)NC1CC1)S(=O)(=O)CC[C@@H]1OCC[C@@]2(S(=O)(=O)c3ccc(Cl)cc3)c3c(F)ccc(F)c3OC[C@@H]12. The van der Waals surface area contributed by atoms with Crippen molar-refractivity contribution in [2.45, 2.75) is 66.1 Å². The topological polar surface area (TPSA) is 116 Å². The van der Waals surface area contributed by atoms with Gasteiger partial charge in [-0.05, 0) is 75.9 Å². The number of ether oxygens (including phenoxy) is 2. The molecule has 8 nitrogen and oxygen atoms in total. The highest BCUT2D eigenvalue weighted by Crippen LogP contribution is 2.56. The number of sulfone groups is 2. The molecular weight excluding hydrogens is 588 g/mol. The molecule has 1 amide bonds. The molecule has 1 saturated carbocycles.